The molecule has 0 aromatic heterocycles. The van der Waals surface area contributed by atoms with E-state index >= 15 is 0 Å². The van der Waals surface area contributed by atoms with Crippen molar-refractivity contribution in [3.05, 3.63) is 65.5 Å². The highest BCUT2D eigenvalue weighted by molar-refractivity contribution is 7.92. The van der Waals surface area contributed by atoms with Gasteiger partial charge in [0, 0.05) is 26.1 Å². The van der Waals surface area contributed by atoms with E-state index in [0.717, 1.165) is 24.7 Å². The molecule has 35 heavy (non-hydrogen) atoms. The largest absolute Gasteiger partial charge is 0.354 e. The summed E-state index contributed by atoms with van der Waals surface area (Å²) >= 11 is 0. The summed E-state index contributed by atoms with van der Waals surface area (Å²) < 4.78 is 39.4. The maximum atomic E-state index is 13.3. The Kier molecular flexibility index (Phi) is 10.7. The first-order chi connectivity index (χ1) is 16.5. The molecule has 2 rings (SSSR count). The normalized spacial score (nSPS) is 12.1. The molecule has 0 aliphatic heterocycles. The van der Waals surface area contributed by atoms with E-state index in [1.165, 1.54) is 21.3 Å². The Morgan fingerprint density at radius 3 is 2.37 bits per heavy atom. The fourth-order valence-corrected chi connectivity index (χ4v) is 4.65. The number of amides is 2. The van der Waals surface area contributed by atoms with Gasteiger partial charge < -0.3 is 10.2 Å². The molecule has 0 fully saturated rings. The lowest BCUT2D eigenvalue weighted by Crippen LogP contribution is -2.48. The number of aryl methyl sites for hydroxylation is 1. The zero-order valence-corrected chi connectivity index (χ0v) is 21.8. The highest BCUT2D eigenvalue weighted by Gasteiger charge is 2.26. The Morgan fingerprint density at radius 1 is 1.09 bits per heavy atom. The van der Waals surface area contributed by atoms with Gasteiger partial charge in [0.25, 0.3) is 0 Å². The molecule has 0 radical (unpaired) electrons. The van der Waals surface area contributed by atoms with Crippen LogP contribution in [0.2, 0.25) is 0 Å². The molecule has 192 valence electrons. The second kappa shape index (κ2) is 13.2. The van der Waals surface area contributed by atoms with Gasteiger partial charge in [-0.05, 0) is 62.1 Å². The first-order valence-corrected chi connectivity index (χ1v) is 13.7. The minimum atomic E-state index is -3.54. The van der Waals surface area contributed by atoms with Crippen LogP contribution in [-0.2, 0) is 26.2 Å². The van der Waals surface area contributed by atoms with Crippen LogP contribution in [0.3, 0.4) is 0 Å². The van der Waals surface area contributed by atoms with Crippen LogP contribution in [0.5, 0.6) is 0 Å². The van der Waals surface area contributed by atoms with Crippen LogP contribution < -0.4 is 9.62 Å². The van der Waals surface area contributed by atoms with Crippen molar-refractivity contribution in [1.82, 2.24) is 10.2 Å². The van der Waals surface area contributed by atoms with Crippen LogP contribution in [0.15, 0.2) is 48.5 Å². The number of benzene rings is 2. The Labute approximate surface area is 208 Å². The van der Waals surface area contributed by atoms with Gasteiger partial charge in [0.15, 0.2) is 0 Å². The Hall–Kier alpha value is -2.94. The van der Waals surface area contributed by atoms with Crippen molar-refractivity contribution in [3.8, 4) is 0 Å². The van der Waals surface area contributed by atoms with Crippen molar-refractivity contribution >= 4 is 27.5 Å². The molecule has 0 aliphatic carbocycles. The Morgan fingerprint density at radius 2 is 1.77 bits per heavy atom. The molecule has 1 atom stereocenters. The lowest BCUT2D eigenvalue weighted by Gasteiger charge is -2.29. The first-order valence-electron chi connectivity index (χ1n) is 11.9. The third kappa shape index (κ3) is 8.98. The van der Waals surface area contributed by atoms with Gasteiger partial charge in [-0.3, -0.25) is 13.9 Å². The minimum absolute atomic E-state index is 0.0611. The van der Waals surface area contributed by atoms with Crippen LogP contribution in [-0.4, -0.2) is 50.5 Å². The fraction of sp³-hybridized carbons (Fsp3) is 0.462. The second-order valence-corrected chi connectivity index (χ2v) is 10.7. The van der Waals surface area contributed by atoms with E-state index in [1.807, 2.05) is 19.9 Å². The highest BCUT2D eigenvalue weighted by Crippen LogP contribution is 2.20. The van der Waals surface area contributed by atoms with Crippen LogP contribution in [0, 0.1) is 12.7 Å². The number of carbonyl (C=O) groups is 2. The summed E-state index contributed by atoms with van der Waals surface area (Å²) in [5, 5.41) is 2.85. The minimum Gasteiger partial charge on any atom is -0.354 e. The van der Waals surface area contributed by atoms with E-state index in [1.54, 1.807) is 37.3 Å². The number of nitrogens with one attached hydrogen (secondary N) is 1. The van der Waals surface area contributed by atoms with Crippen molar-refractivity contribution in [3.63, 3.8) is 0 Å². The molecule has 1 N–H and O–H groups in total. The number of carbonyl (C=O) groups excluding carboxylic acids is 2. The molecule has 0 bridgehead atoms. The van der Waals surface area contributed by atoms with Crippen molar-refractivity contribution in [2.75, 3.05) is 23.7 Å². The molecular formula is C26H36FN3O4S. The first kappa shape index (κ1) is 28.3. The average Bonchev–Trinajstić information content (AvgIpc) is 2.80. The summed E-state index contributed by atoms with van der Waals surface area (Å²) in [5.41, 5.74) is 2.18. The van der Waals surface area contributed by atoms with Crippen LogP contribution in [0.1, 0.15) is 50.7 Å². The quantitative estimate of drug-likeness (QED) is 0.417. The zero-order valence-electron chi connectivity index (χ0n) is 21.0. The van der Waals surface area contributed by atoms with E-state index in [0.29, 0.717) is 17.8 Å². The van der Waals surface area contributed by atoms with E-state index < -0.39 is 16.1 Å². The van der Waals surface area contributed by atoms with E-state index in [-0.39, 0.29) is 43.6 Å². The summed E-state index contributed by atoms with van der Waals surface area (Å²) in [6, 6.07) is 12.2. The molecule has 2 aromatic rings. The number of unbranched alkanes of at least 4 members (excludes halogenated alkanes) is 1. The van der Waals surface area contributed by atoms with E-state index in [4.69, 9.17) is 0 Å². The van der Waals surface area contributed by atoms with Gasteiger partial charge in [-0.15, -0.1) is 0 Å². The van der Waals surface area contributed by atoms with Gasteiger partial charge in [0.1, 0.15) is 11.9 Å². The molecule has 0 saturated carbocycles. The number of hydrogen-bond donors (Lipinski definition) is 1. The molecule has 0 heterocycles. The predicted octanol–water partition coefficient (Wildman–Crippen LogP) is 4.01. The molecular weight excluding hydrogens is 469 g/mol. The number of sulfonamides is 1. The van der Waals surface area contributed by atoms with Gasteiger partial charge in [-0.2, -0.15) is 0 Å². The second-order valence-electron chi connectivity index (χ2n) is 8.75. The van der Waals surface area contributed by atoms with E-state index in [9.17, 15) is 22.4 Å². The Bertz CT molecular complexity index is 1090. The summed E-state index contributed by atoms with van der Waals surface area (Å²) in [4.78, 5) is 27.4. The highest BCUT2D eigenvalue weighted by atomic mass is 32.2. The maximum Gasteiger partial charge on any atom is 0.242 e. The summed E-state index contributed by atoms with van der Waals surface area (Å²) in [6.45, 7) is 6.38. The summed E-state index contributed by atoms with van der Waals surface area (Å²) in [5.74, 6) is -0.911. The van der Waals surface area contributed by atoms with E-state index in [2.05, 4.69) is 5.32 Å². The lowest BCUT2D eigenvalue weighted by molar-refractivity contribution is -0.140. The third-order valence-corrected chi connectivity index (χ3v) is 6.90. The van der Waals surface area contributed by atoms with Crippen LogP contribution in [0.25, 0.3) is 0 Å². The smallest absolute Gasteiger partial charge is 0.242 e. The van der Waals surface area contributed by atoms with Gasteiger partial charge >= 0.3 is 0 Å². The SMILES string of the molecule is CCCCNC(=O)[C@@H](C)N(Cc1ccc(F)cc1)C(=O)CCCN(c1cccc(C)c1)S(C)(=O)=O. The maximum absolute atomic E-state index is 13.3. The van der Waals surface area contributed by atoms with Crippen molar-refractivity contribution in [2.45, 2.75) is 59.0 Å². The van der Waals surface area contributed by atoms with Crippen molar-refractivity contribution < 1.29 is 22.4 Å². The lowest BCUT2D eigenvalue weighted by atomic mass is 10.1. The molecule has 9 heteroatoms. The summed E-state index contributed by atoms with van der Waals surface area (Å²) in [6.07, 6.45) is 3.26. The molecule has 2 aromatic carbocycles. The number of nitrogens with zero attached hydrogens (tertiary/aromatic N) is 2. The molecule has 2 amide bonds. The molecule has 0 spiro atoms. The monoisotopic (exact) mass is 505 g/mol. The Balaban J connectivity index is 2.13. The van der Waals surface area contributed by atoms with Crippen LogP contribution in [0.4, 0.5) is 10.1 Å². The molecule has 0 unspecified atom stereocenters. The standard InChI is InChI=1S/C26H36FN3O4S/c1-5-6-16-28-26(32)21(3)29(19-22-12-14-23(27)15-13-22)25(31)11-8-17-30(35(4,33)34)24-10-7-9-20(2)18-24/h7,9-10,12-15,18,21H,5-6,8,11,16-17,19H2,1-4H3,(H,28,32)/t21-/m1/s1. The van der Waals surface area contributed by atoms with Crippen molar-refractivity contribution in [2.24, 2.45) is 0 Å². The van der Waals surface area contributed by atoms with Gasteiger partial charge in [0.05, 0.1) is 11.9 Å². The molecule has 0 aliphatic rings. The van der Waals surface area contributed by atoms with Gasteiger partial charge in [0.2, 0.25) is 21.8 Å². The topological polar surface area (TPSA) is 86.8 Å². The van der Waals surface area contributed by atoms with Gasteiger partial charge in [-0.1, -0.05) is 37.6 Å². The van der Waals surface area contributed by atoms with Gasteiger partial charge in [-0.25, -0.2) is 12.8 Å². The number of halogens is 1. The fourth-order valence-electron chi connectivity index (χ4n) is 3.69. The number of hydrogen-bond acceptors (Lipinski definition) is 4. The average molecular weight is 506 g/mol. The number of rotatable bonds is 13. The van der Waals surface area contributed by atoms with Crippen molar-refractivity contribution in [1.29, 1.82) is 0 Å². The molecule has 7 nitrogen and oxygen atoms in total. The third-order valence-electron chi connectivity index (χ3n) is 5.70. The molecule has 0 saturated heterocycles. The summed E-state index contributed by atoms with van der Waals surface area (Å²) in [7, 11) is -3.54. The predicted molar refractivity (Wildman–Crippen MR) is 137 cm³/mol. The number of anilines is 1. The zero-order chi connectivity index (χ0) is 26.0. The van der Waals surface area contributed by atoms with Crippen LogP contribution >= 0.6 is 0 Å².